The van der Waals surface area contributed by atoms with Crippen LogP contribution in [0.3, 0.4) is 0 Å². The highest BCUT2D eigenvalue weighted by Crippen LogP contribution is 2.22. The second-order valence-corrected chi connectivity index (χ2v) is 5.76. The zero-order chi connectivity index (χ0) is 15.2. The number of nitrogens with zero attached hydrogens (tertiary/aromatic N) is 1. The van der Waals surface area contributed by atoms with Crippen LogP contribution in [0.25, 0.3) is 10.2 Å². The summed E-state index contributed by atoms with van der Waals surface area (Å²) in [5.74, 6) is 0.469. The van der Waals surface area contributed by atoms with Gasteiger partial charge in [-0.1, -0.05) is 30.3 Å². The zero-order valence-electron chi connectivity index (χ0n) is 11.9. The molecule has 0 N–H and O–H groups in total. The predicted molar refractivity (Wildman–Crippen MR) is 86.0 cm³/mol. The highest BCUT2D eigenvalue weighted by molar-refractivity contribution is 7.18. The Labute approximate surface area is 132 Å². The fraction of sp³-hybridized carbons (Fsp3) is 0.176. The van der Waals surface area contributed by atoms with Crippen LogP contribution in [0.1, 0.15) is 11.4 Å². The van der Waals surface area contributed by atoms with Crippen LogP contribution < -0.4 is 4.74 Å². The number of rotatable bonds is 6. The van der Waals surface area contributed by atoms with E-state index >= 15 is 0 Å². The fourth-order valence-corrected chi connectivity index (χ4v) is 2.85. The minimum absolute atomic E-state index is 0.212. The first-order chi connectivity index (χ1) is 10.8. The van der Waals surface area contributed by atoms with Gasteiger partial charge in [0.1, 0.15) is 17.4 Å². The molecule has 112 valence electrons. The maximum atomic E-state index is 11.7. The highest BCUT2D eigenvalue weighted by atomic mass is 32.1. The SMILES string of the molecule is O=C(CCOc1ccccc1)OCc1nc2ccccc2s1. The summed E-state index contributed by atoms with van der Waals surface area (Å²) >= 11 is 1.54. The molecule has 0 aliphatic carbocycles. The summed E-state index contributed by atoms with van der Waals surface area (Å²) < 4.78 is 11.8. The molecule has 0 aliphatic rings. The minimum Gasteiger partial charge on any atom is -0.493 e. The summed E-state index contributed by atoms with van der Waals surface area (Å²) in [5, 5.41) is 0.804. The number of fused-ring (bicyclic) bond motifs is 1. The Hall–Kier alpha value is -2.40. The van der Waals surface area contributed by atoms with Crippen molar-refractivity contribution in [3.8, 4) is 5.75 Å². The Morgan fingerprint density at radius 3 is 2.64 bits per heavy atom. The van der Waals surface area contributed by atoms with Crippen molar-refractivity contribution in [1.82, 2.24) is 4.98 Å². The van der Waals surface area contributed by atoms with Gasteiger partial charge in [-0.3, -0.25) is 4.79 Å². The number of benzene rings is 2. The lowest BCUT2D eigenvalue weighted by Crippen LogP contribution is -2.09. The van der Waals surface area contributed by atoms with Crippen LogP contribution in [0.5, 0.6) is 5.75 Å². The average molecular weight is 313 g/mol. The quantitative estimate of drug-likeness (QED) is 0.649. The lowest BCUT2D eigenvalue weighted by Gasteiger charge is -2.05. The molecule has 0 saturated carbocycles. The molecule has 1 aromatic heterocycles. The van der Waals surface area contributed by atoms with Gasteiger partial charge >= 0.3 is 5.97 Å². The molecular weight excluding hydrogens is 298 g/mol. The van der Waals surface area contributed by atoms with E-state index < -0.39 is 0 Å². The van der Waals surface area contributed by atoms with Crippen molar-refractivity contribution in [2.45, 2.75) is 13.0 Å². The number of carbonyl (C=O) groups is 1. The van der Waals surface area contributed by atoms with Gasteiger partial charge in [-0.05, 0) is 24.3 Å². The second kappa shape index (κ2) is 7.04. The number of carbonyl (C=O) groups excluding carboxylic acids is 1. The third-order valence-electron chi connectivity index (χ3n) is 3.01. The lowest BCUT2D eigenvalue weighted by atomic mass is 10.3. The van der Waals surface area contributed by atoms with E-state index in [1.165, 1.54) is 0 Å². The molecule has 2 aromatic carbocycles. The van der Waals surface area contributed by atoms with E-state index in [4.69, 9.17) is 9.47 Å². The molecule has 5 heteroatoms. The number of aromatic nitrogens is 1. The van der Waals surface area contributed by atoms with E-state index in [2.05, 4.69) is 4.98 Å². The molecule has 22 heavy (non-hydrogen) atoms. The Kier molecular flexibility index (Phi) is 4.65. The number of hydrogen-bond donors (Lipinski definition) is 0. The van der Waals surface area contributed by atoms with Crippen LogP contribution >= 0.6 is 11.3 Å². The van der Waals surface area contributed by atoms with Gasteiger partial charge in [-0.2, -0.15) is 0 Å². The summed E-state index contributed by atoms with van der Waals surface area (Å²) in [6.45, 7) is 0.520. The van der Waals surface area contributed by atoms with Crippen LogP contribution in [0.2, 0.25) is 0 Å². The van der Waals surface area contributed by atoms with Gasteiger partial charge in [0.2, 0.25) is 0 Å². The summed E-state index contributed by atoms with van der Waals surface area (Å²) in [5.41, 5.74) is 0.936. The largest absolute Gasteiger partial charge is 0.493 e. The molecule has 0 saturated heterocycles. The first-order valence-corrected chi connectivity index (χ1v) is 7.81. The third kappa shape index (κ3) is 3.83. The fourth-order valence-electron chi connectivity index (χ4n) is 1.97. The van der Waals surface area contributed by atoms with E-state index in [1.54, 1.807) is 11.3 Å². The van der Waals surface area contributed by atoms with Crippen molar-refractivity contribution in [2.24, 2.45) is 0 Å². The molecule has 1 heterocycles. The average Bonchev–Trinajstić information content (AvgIpc) is 2.97. The predicted octanol–water partition coefficient (Wildman–Crippen LogP) is 3.81. The Balaban J connectivity index is 1.44. The van der Waals surface area contributed by atoms with Gasteiger partial charge in [0.25, 0.3) is 0 Å². The first-order valence-electron chi connectivity index (χ1n) is 6.99. The normalized spacial score (nSPS) is 10.5. The Morgan fingerprint density at radius 1 is 1.05 bits per heavy atom. The maximum absolute atomic E-state index is 11.7. The molecular formula is C17H15NO3S. The van der Waals surface area contributed by atoms with Gasteiger partial charge in [0.05, 0.1) is 23.2 Å². The molecule has 0 amide bonds. The first kappa shape index (κ1) is 14.5. The van der Waals surface area contributed by atoms with Gasteiger partial charge < -0.3 is 9.47 Å². The molecule has 3 aromatic rings. The lowest BCUT2D eigenvalue weighted by molar-refractivity contribution is -0.145. The standard InChI is InChI=1S/C17H15NO3S/c19-17(10-11-20-13-6-2-1-3-7-13)21-12-16-18-14-8-4-5-9-15(14)22-16/h1-9H,10-12H2. The van der Waals surface area contributed by atoms with Crippen LogP contribution in [-0.4, -0.2) is 17.6 Å². The van der Waals surface area contributed by atoms with Crippen molar-refractivity contribution in [2.75, 3.05) is 6.61 Å². The Bertz CT molecular complexity index is 722. The summed E-state index contributed by atoms with van der Waals surface area (Å²) in [6, 6.07) is 17.3. The molecule has 4 nitrogen and oxygen atoms in total. The molecule has 0 fully saturated rings. The van der Waals surface area contributed by atoms with Crippen molar-refractivity contribution in [3.05, 3.63) is 59.6 Å². The maximum Gasteiger partial charge on any atom is 0.309 e. The molecule has 3 rings (SSSR count). The van der Waals surface area contributed by atoms with Crippen LogP contribution in [0.4, 0.5) is 0 Å². The van der Waals surface area contributed by atoms with Crippen LogP contribution in [-0.2, 0) is 16.1 Å². The summed E-state index contributed by atoms with van der Waals surface area (Å²) in [4.78, 5) is 16.1. The molecule has 0 unspecified atom stereocenters. The van der Waals surface area contributed by atoms with E-state index in [0.717, 1.165) is 21.0 Å². The number of thiazole rings is 1. The molecule has 0 aliphatic heterocycles. The van der Waals surface area contributed by atoms with Gasteiger partial charge in [0.15, 0.2) is 0 Å². The summed E-state index contributed by atoms with van der Waals surface area (Å²) in [7, 11) is 0. The summed E-state index contributed by atoms with van der Waals surface area (Å²) in [6.07, 6.45) is 0.222. The van der Waals surface area contributed by atoms with E-state index in [9.17, 15) is 4.79 Å². The second-order valence-electron chi connectivity index (χ2n) is 4.65. The smallest absolute Gasteiger partial charge is 0.309 e. The van der Waals surface area contributed by atoms with Crippen molar-refractivity contribution in [3.63, 3.8) is 0 Å². The van der Waals surface area contributed by atoms with Crippen molar-refractivity contribution in [1.29, 1.82) is 0 Å². The van der Waals surface area contributed by atoms with E-state index in [1.807, 2.05) is 54.6 Å². The van der Waals surface area contributed by atoms with Gasteiger partial charge in [-0.15, -0.1) is 11.3 Å². The van der Waals surface area contributed by atoms with Crippen molar-refractivity contribution < 1.29 is 14.3 Å². The van der Waals surface area contributed by atoms with Crippen LogP contribution in [0.15, 0.2) is 54.6 Å². The number of ether oxygens (including phenoxy) is 2. The van der Waals surface area contributed by atoms with Crippen molar-refractivity contribution >= 4 is 27.5 Å². The Morgan fingerprint density at radius 2 is 1.82 bits per heavy atom. The van der Waals surface area contributed by atoms with Gasteiger partial charge in [-0.25, -0.2) is 4.98 Å². The number of esters is 1. The van der Waals surface area contributed by atoms with Gasteiger partial charge in [0, 0.05) is 0 Å². The highest BCUT2D eigenvalue weighted by Gasteiger charge is 2.07. The zero-order valence-corrected chi connectivity index (χ0v) is 12.7. The van der Waals surface area contributed by atoms with Crippen LogP contribution in [0, 0.1) is 0 Å². The van der Waals surface area contributed by atoms with E-state index in [0.29, 0.717) is 6.61 Å². The topological polar surface area (TPSA) is 48.4 Å². The third-order valence-corrected chi connectivity index (χ3v) is 4.02. The minimum atomic E-state index is -0.282. The molecule has 0 radical (unpaired) electrons. The molecule has 0 spiro atoms. The monoisotopic (exact) mass is 313 g/mol. The van der Waals surface area contributed by atoms with E-state index in [-0.39, 0.29) is 19.0 Å². The number of para-hydroxylation sites is 2. The molecule has 0 bridgehead atoms. The molecule has 0 atom stereocenters. The number of hydrogen-bond acceptors (Lipinski definition) is 5.